The Morgan fingerprint density at radius 1 is 1.43 bits per heavy atom. The van der Waals surface area contributed by atoms with Crippen LogP contribution in [0.1, 0.15) is 25.8 Å². The minimum absolute atomic E-state index is 0.0309. The van der Waals surface area contributed by atoms with Crippen LogP contribution in [-0.2, 0) is 4.79 Å². The first-order valence-corrected chi connectivity index (χ1v) is 6.63. The molecule has 0 fully saturated rings. The van der Waals surface area contributed by atoms with Gasteiger partial charge in [-0.25, -0.2) is 4.68 Å². The number of fused-ring (bicyclic) bond motifs is 1. The Morgan fingerprint density at radius 3 is 3.00 bits per heavy atom. The Morgan fingerprint density at radius 2 is 2.24 bits per heavy atom. The lowest BCUT2D eigenvalue weighted by molar-refractivity contribution is -0.138. The number of aliphatic carboxylic acids is 1. The Bertz CT molecular complexity index is 778. The van der Waals surface area contributed by atoms with E-state index >= 15 is 0 Å². The van der Waals surface area contributed by atoms with Crippen LogP contribution in [0.5, 0.6) is 0 Å². The maximum atomic E-state index is 11.0. The quantitative estimate of drug-likeness (QED) is 0.737. The fraction of sp³-hybridized carbons (Fsp3) is 0.308. The summed E-state index contributed by atoms with van der Waals surface area (Å²) in [7, 11) is 0. The van der Waals surface area contributed by atoms with Gasteiger partial charge in [-0.15, -0.1) is 5.10 Å². The number of carboxylic acids is 1. The molecule has 0 aliphatic rings. The number of hydrogen-bond donors (Lipinski definition) is 2. The standard InChI is InChI=1S/C13H14N6O2/c1-2-8(7-11(20)21)19-13(16-17-18-19)12-9-5-3-4-6-10(9)14-15-12/h3-6,8H,2,7H2,1H3,(H,14,15)(H,20,21). The third-order valence-electron chi connectivity index (χ3n) is 3.40. The highest BCUT2D eigenvalue weighted by atomic mass is 16.4. The lowest BCUT2D eigenvalue weighted by atomic mass is 10.1. The highest BCUT2D eigenvalue weighted by Crippen LogP contribution is 2.27. The van der Waals surface area contributed by atoms with Gasteiger partial charge >= 0.3 is 5.97 Å². The van der Waals surface area contributed by atoms with Crippen molar-refractivity contribution in [3.8, 4) is 11.5 Å². The summed E-state index contributed by atoms with van der Waals surface area (Å²) in [5.41, 5.74) is 1.51. The molecule has 0 radical (unpaired) electrons. The largest absolute Gasteiger partial charge is 0.481 e. The van der Waals surface area contributed by atoms with E-state index < -0.39 is 5.97 Å². The SMILES string of the molecule is CCC(CC(=O)O)n1nnnc1-c1n[nH]c2ccccc12. The number of aromatic nitrogens is 6. The van der Waals surface area contributed by atoms with Crippen LogP contribution in [0.2, 0.25) is 0 Å². The van der Waals surface area contributed by atoms with Crippen LogP contribution in [0.4, 0.5) is 0 Å². The molecule has 2 aromatic heterocycles. The van der Waals surface area contributed by atoms with Crippen LogP contribution in [0.15, 0.2) is 24.3 Å². The predicted molar refractivity (Wildman–Crippen MR) is 74.5 cm³/mol. The molecule has 0 spiro atoms. The van der Waals surface area contributed by atoms with E-state index in [1.165, 1.54) is 4.68 Å². The van der Waals surface area contributed by atoms with Gasteiger partial charge in [0.1, 0.15) is 5.69 Å². The van der Waals surface area contributed by atoms with Gasteiger partial charge in [0.05, 0.1) is 18.0 Å². The van der Waals surface area contributed by atoms with Crippen molar-refractivity contribution >= 4 is 16.9 Å². The van der Waals surface area contributed by atoms with Crippen molar-refractivity contribution in [3.63, 3.8) is 0 Å². The Hall–Kier alpha value is -2.77. The topological polar surface area (TPSA) is 110 Å². The van der Waals surface area contributed by atoms with E-state index in [4.69, 9.17) is 5.11 Å². The Labute approximate surface area is 119 Å². The van der Waals surface area contributed by atoms with Gasteiger partial charge in [-0.3, -0.25) is 9.89 Å². The highest BCUT2D eigenvalue weighted by molar-refractivity contribution is 5.90. The number of hydrogen-bond acceptors (Lipinski definition) is 5. The normalized spacial score (nSPS) is 12.6. The van der Waals surface area contributed by atoms with Crippen LogP contribution < -0.4 is 0 Å². The summed E-state index contributed by atoms with van der Waals surface area (Å²) in [6.45, 7) is 1.90. The molecule has 1 unspecified atom stereocenters. The van der Waals surface area contributed by atoms with E-state index in [1.54, 1.807) is 0 Å². The number of tetrazole rings is 1. The average Bonchev–Trinajstić information content (AvgIpc) is 3.10. The fourth-order valence-electron chi connectivity index (χ4n) is 2.33. The Balaban J connectivity index is 2.08. The Kier molecular flexibility index (Phi) is 3.35. The van der Waals surface area contributed by atoms with Gasteiger partial charge < -0.3 is 5.11 Å². The van der Waals surface area contributed by atoms with Crippen molar-refractivity contribution < 1.29 is 9.90 Å². The summed E-state index contributed by atoms with van der Waals surface area (Å²) in [4.78, 5) is 11.0. The zero-order chi connectivity index (χ0) is 14.8. The van der Waals surface area contributed by atoms with E-state index in [-0.39, 0.29) is 12.5 Å². The number of aromatic amines is 1. The highest BCUT2D eigenvalue weighted by Gasteiger charge is 2.22. The van der Waals surface area contributed by atoms with Crippen LogP contribution >= 0.6 is 0 Å². The molecule has 1 aromatic carbocycles. The maximum absolute atomic E-state index is 11.0. The minimum atomic E-state index is -0.879. The summed E-state index contributed by atoms with van der Waals surface area (Å²) in [6.07, 6.45) is 0.587. The molecule has 8 heteroatoms. The van der Waals surface area contributed by atoms with E-state index in [2.05, 4.69) is 25.7 Å². The fourth-order valence-corrected chi connectivity index (χ4v) is 2.33. The second kappa shape index (κ2) is 5.31. The number of nitrogens with zero attached hydrogens (tertiary/aromatic N) is 5. The summed E-state index contributed by atoms with van der Waals surface area (Å²) >= 11 is 0. The van der Waals surface area contributed by atoms with E-state index in [0.717, 1.165) is 10.9 Å². The minimum Gasteiger partial charge on any atom is -0.481 e. The van der Waals surface area contributed by atoms with Crippen molar-refractivity contribution in [1.82, 2.24) is 30.4 Å². The van der Waals surface area contributed by atoms with E-state index in [9.17, 15) is 4.79 Å². The van der Waals surface area contributed by atoms with Crippen LogP contribution in [0.3, 0.4) is 0 Å². The van der Waals surface area contributed by atoms with E-state index in [1.807, 2.05) is 31.2 Å². The molecule has 1 atom stereocenters. The number of benzene rings is 1. The first-order chi connectivity index (χ1) is 10.2. The van der Waals surface area contributed by atoms with Crippen molar-refractivity contribution in [2.75, 3.05) is 0 Å². The van der Waals surface area contributed by atoms with Gasteiger partial charge in [-0.1, -0.05) is 25.1 Å². The number of para-hydroxylation sites is 1. The van der Waals surface area contributed by atoms with Crippen molar-refractivity contribution in [2.45, 2.75) is 25.8 Å². The lowest BCUT2D eigenvalue weighted by Gasteiger charge is -2.13. The summed E-state index contributed by atoms with van der Waals surface area (Å²) in [5.74, 6) is -0.407. The molecule has 8 nitrogen and oxygen atoms in total. The molecule has 108 valence electrons. The van der Waals surface area contributed by atoms with E-state index in [0.29, 0.717) is 17.9 Å². The number of nitrogens with one attached hydrogen (secondary N) is 1. The number of rotatable bonds is 5. The van der Waals surface area contributed by atoms with Crippen molar-refractivity contribution in [1.29, 1.82) is 0 Å². The third kappa shape index (κ3) is 2.35. The molecule has 21 heavy (non-hydrogen) atoms. The first-order valence-electron chi connectivity index (χ1n) is 6.63. The summed E-state index contributed by atoms with van der Waals surface area (Å²) < 4.78 is 1.54. The molecule has 0 aliphatic carbocycles. The smallest absolute Gasteiger partial charge is 0.305 e. The van der Waals surface area contributed by atoms with Crippen molar-refractivity contribution in [3.05, 3.63) is 24.3 Å². The van der Waals surface area contributed by atoms with Gasteiger partial charge in [-0.05, 0) is 22.9 Å². The van der Waals surface area contributed by atoms with Crippen LogP contribution in [0.25, 0.3) is 22.4 Å². The molecule has 3 aromatic rings. The average molecular weight is 286 g/mol. The lowest BCUT2D eigenvalue weighted by Crippen LogP contribution is -2.15. The molecule has 2 N–H and O–H groups in total. The monoisotopic (exact) mass is 286 g/mol. The predicted octanol–water partition coefficient (Wildman–Crippen LogP) is 1.64. The molecule has 0 amide bonds. The zero-order valence-corrected chi connectivity index (χ0v) is 11.4. The summed E-state index contributed by atoms with van der Waals surface area (Å²) in [6, 6.07) is 7.35. The number of H-pyrrole nitrogens is 1. The molecular formula is C13H14N6O2. The first kappa shape index (κ1) is 13.2. The molecule has 0 saturated carbocycles. The van der Waals surface area contributed by atoms with Crippen LogP contribution in [-0.4, -0.2) is 41.5 Å². The second-order valence-corrected chi connectivity index (χ2v) is 4.72. The number of carbonyl (C=O) groups is 1. The molecule has 0 aliphatic heterocycles. The van der Waals surface area contributed by atoms with Crippen LogP contribution in [0, 0.1) is 0 Å². The maximum Gasteiger partial charge on any atom is 0.305 e. The third-order valence-corrected chi connectivity index (χ3v) is 3.40. The molecule has 2 heterocycles. The molecular weight excluding hydrogens is 272 g/mol. The van der Waals surface area contributed by atoms with Gasteiger partial charge in [0.2, 0.25) is 5.82 Å². The van der Waals surface area contributed by atoms with Crippen molar-refractivity contribution in [2.24, 2.45) is 0 Å². The second-order valence-electron chi connectivity index (χ2n) is 4.72. The van der Waals surface area contributed by atoms with Gasteiger partial charge in [0.15, 0.2) is 0 Å². The zero-order valence-electron chi connectivity index (χ0n) is 11.4. The number of carboxylic acid groups (broad SMARTS) is 1. The van der Waals surface area contributed by atoms with Gasteiger partial charge in [0.25, 0.3) is 0 Å². The van der Waals surface area contributed by atoms with Gasteiger partial charge in [-0.2, -0.15) is 5.10 Å². The van der Waals surface area contributed by atoms with Gasteiger partial charge in [0, 0.05) is 5.39 Å². The molecule has 0 saturated heterocycles. The molecule has 0 bridgehead atoms. The molecule has 3 rings (SSSR count). The summed E-state index contributed by atoms with van der Waals surface area (Å²) in [5, 5.41) is 28.7.